The van der Waals surface area contributed by atoms with Crippen LogP contribution in [0, 0.1) is 6.92 Å². The molecule has 3 aliphatic rings. The summed E-state index contributed by atoms with van der Waals surface area (Å²) in [6.07, 6.45) is 12.4. The zero-order chi connectivity index (χ0) is 26.1. The van der Waals surface area contributed by atoms with Crippen LogP contribution in [0.25, 0.3) is 11.0 Å². The molecule has 1 aromatic heterocycles. The highest BCUT2D eigenvalue weighted by Crippen LogP contribution is 2.35. The molecule has 0 radical (unpaired) electrons. The van der Waals surface area contributed by atoms with Gasteiger partial charge in [0.05, 0.1) is 11.0 Å². The van der Waals surface area contributed by atoms with Crippen molar-refractivity contribution < 1.29 is 9.59 Å². The second-order valence-electron chi connectivity index (χ2n) is 11.7. The first-order valence-electron chi connectivity index (χ1n) is 14.7. The molecular formula is C32H40N4O2. The van der Waals surface area contributed by atoms with E-state index in [1.165, 1.54) is 38.5 Å². The number of carbonyl (C=O) groups excluding carboxylic acids is 2. The van der Waals surface area contributed by atoms with E-state index in [-0.39, 0.29) is 17.7 Å². The Morgan fingerprint density at radius 1 is 0.921 bits per heavy atom. The predicted octanol–water partition coefficient (Wildman–Crippen LogP) is 6.36. The van der Waals surface area contributed by atoms with E-state index in [1.807, 2.05) is 35.2 Å². The van der Waals surface area contributed by atoms with Gasteiger partial charge in [-0.3, -0.25) is 9.59 Å². The molecule has 0 spiro atoms. The van der Waals surface area contributed by atoms with Gasteiger partial charge in [0.15, 0.2) is 0 Å². The molecule has 6 rings (SSSR count). The molecule has 2 amide bonds. The van der Waals surface area contributed by atoms with Crippen LogP contribution in [-0.2, 0) is 16.1 Å². The van der Waals surface area contributed by atoms with Gasteiger partial charge in [0.2, 0.25) is 11.8 Å². The van der Waals surface area contributed by atoms with Crippen molar-refractivity contribution in [2.75, 3.05) is 11.4 Å². The van der Waals surface area contributed by atoms with Gasteiger partial charge in [-0.1, -0.05) is 62.8 Å². The normalized spacial score (nSPS) is 21.3. The van der Waals surface area contributed by atoms with Crippen LogP contribution in [0.1, 0.15) is 87.9 Å². The number of aromatic nitrogens is 2. The van der Waals surface area contributed by atoms with Crippen molar-refractivity contribution >= 4 is 28.5 Å². The number of para-hydroxylation sites is 2. The molecule has 3 aromatic rings. The molecular weight excluding hydrogens is 472 g/mol. The summed E-state index contributed by atoms with van der Waals surface area (Å²) in [7, 11) is 0. The third-order valence-corrected chi connectivity index (χ3v) is 9.01. The second-order valence-corrected chi connectivity index (χ2v) is 11.7. The van der Waals surface area contributed by atoms with Gasteiger partial charge in [0.25, 0.3) is 0 Å². The largest absolute Gasteiger partial charge is 0.335 e. The fraction of sp³-hybridized carbons (Fsp3) is 0.531. The number of rotatable bonds is 6. The average Bonchev–Trinajstić information content (AvgIpc) is 3.50. The number of fused-ring (bicyclic) bond motifs is 1. The molecule has 1 atom stereocenters. The van der Waals surface area contributed by atoms with E-state index < -0.39 is 0 Å². The zero-order valence-electron chi connectivity index (χ0n) is 22.6. The predicted molar refractivity (Wildman–Crippen MR) is 151 cm³/mol. The fourth-order valence-electron chi connectivity index (χ4n) is 7.14. The highest BCUT2D eigenvalue weighted by atomic mass is 16.2. The zero-order valence-corrected chi connectivity index (χ0v) is 22.6. The van der Waals surface area contributed by atoms with E-state index in [0.29, 0.717) is 31.6 Å². The minimum Gasteiger partial charge on any atom is -0.335 e. The van der Waals surface area contributed by atoms with E-state index in [1.54, 1.807) is 0 Å². The number of benzene rings is 2. The molecule has 6 heteroatoms. The lowest BCUT2D eigenvalue weighted by molar-refractivity contribution is -0.138. The number of aryl methyl sites for hydroxylation is 1. The maximum atomic E-state index is 14.2. The lowest BCUT2D eigenvalue weighted by Gasteiger charge is -2.42. The second kappa shape index (κ2) is 10.9. The minimum atomic E-state index is -0.0407. The smallest absolute Gasteiger partial charge is 0.243 e. The summed E-state index contributed by atoms with van der Waals surface area (Å²) in [6, 6.07) is 17.0. The first kappa shape index (κ1) is 25.1. The van der Waals surface area contributed by atoms with Crippen molar-refractivity contribution in [2.24, 2.45) is 0 Å². The molecule has 38 heavy (non-hydrogen) atoms. The number of nitrogens with zero attached hydrogens (tertiary/aromatic N) is 4. The number of hydrogen-bond acceptors (Lipinski definition) is 3. The Bertz CT molecular complexity index is 1280. The fourth-order valence-corrected chi connectivity index (χ4v) is 7.14. The Balaban J connectivity index is 1.31. The minimum absolute atomic E-state index is 0.0407. The lowest BCUT2D eigenvalue weighted by atomic mass is 9.88. The van der Waals surface area contributed by atoms with Crippen LogP contribution in [0.5, 0.6) is 0 Å². The van der Waals surface area contributed by atoms with Crippen LogP contribution in [0.15, 0.2) is 48.5 Å². The van der Waals surface area contributed by atoms with Crippen molar-refractivity contribution in [3.8, 4) is 0 Å². The molecule has 1 saturated heterocycles. The van der Waals surface area contributed by atoms with Gasteiger partial charge >= 0.3 is 0 Å². The van der Waals surface area contributed by atoms with Gasteiger partial charge in [-0.15, -0.1) is 0 Å². The summed E-state index contributed by atoms with van der Waals surface area (Å²) >= 11 is 0. The third-order valence-electron chi connectivity index (χ3n) is 9.01. The maximum Gasteiger partial charge on any atom is 0.243 e. The van der Waals surface area contributed by atoms with Crippen molar-refractivity contribution in [2.45, 2.75) is 102 Å². The first-order chi connectivity index (χ1) is 18.6. The standard InChI is InChI=1S/C32H40N4O2/c1-23-11-10-16-27(19-23)34-21-24(20-30(34)37)32-33-28-17-8-9-18-29(28)35(32)22-31(38)36(25-12-4-2-5-13-25)26-14-6-3-7-15-26/h8-11,16-19,24-26H,2-7,12-15,20-22H2,1H3. The molecule has 0 N–H and O–H groups in total. The van der Waals surface area contributed by atoms with E-state index >= 15 is 0 Å². The van der Waals surface area contributed by atoms with E-state index in [2.05, 4.69) is 34.6 Å². The summed E-state index contributed by atoms with van der Waals surface area (Å²) in [4.78, 5) is 36.6. The van der Waals surface area contributed by atoms with Crippen molar-refractivity contribution in [1.29, 1.82) is 0 Å². The molecule has 2 heterocycles. The van der Waals surface area contributed by atoms with Crippen molar-refractivity contribution in [3.05, 3.63) is 59.9 Å². The molecule has 2 saturated carbocycles. The van der Waals surface area contributed by atoms with Crippen LogP contribution in [0.2, 0.25) is 0 Å². The number of amides is 2. The topological polar surface area (TPSA) is 58.4 Å². The summed E-state index contributed by atoms with van der Waals surface area (Å²) in [6.45, 7) is 2.95. The molecule has 0 bridgehead atoms. The van der Waals surface area contributed by atoms with Gasteiger partial charge in [0.1, 0.15) is 12.4 Å². The summed E-state index contributed by atoms with van der Waals surface area (Å²) in [5, 5.41) is 0. The Labute approximate surface area is 226 Å². The van der Waals surface area contributed by atoms with Gasteiger partial charge < -0.3 is 14.4 Å². The van der Waals surface area contributed by atoms with E-state index in [9.17, 15) is 9.59 Å². The van der Waals surface area contributed by atoms with Crippen LogP contribution in [-0.4, -0.2) is 44.9 Å². The number of anilines is 1. The highest BCUT2D eigenvalue weighted by molar-refractivity contribution is 5.96. The molecule has 3 fully saturated rings. The number of imidazole rings is 1. The molecule has 1 unspecified atom stereocenters. The van der Waals surface area contributed by atoms with Crippen LogP contribution >= 0.6 is 0 Å². The Hall–Kier alpha value is -3.15. The van der Waals surface area contributed by atoms with Gasteiger partial charge in [-0.25, -0.2) is 4.98 Å². The summed E-state index contributed by atoms with van der Waals surface area (Å²) in [5.41, 5.74) is 3.97. The summed E-state index contributed by atoms with van der Waals surface area (Å²) < 4.78 is 2.13. The van der Waals surface area contributed by atoms with Crippen LogP contribution in [0.4, 0.5) is 5.69 Å². The Kier molecular flexibility index (Phi) is 7.22. The van der Waals surface area contributed by atoms with Crippen LogP contribution in [0.3, 0.4) is 0 Å². The lowest BCUT2D eigenvalue weighted by Crippen LogP contribution is -2.50. The van der Waals surface area contributed by atoms with Crippen molar-refractivity contribution in [1.82, 2.24) is 14.5 Å². The van der Waals surface area contributed by atoms with Gasteiger partial charge in [-0.05, 0) is 62.4 Å². The SMILES string of the molecule is Cc1cccc(N2CC(c3nc4ccccc4n3CC(=O)N(C3CCCCC3)C3CCCCC3)CC2=O)c1. The third kappa shape index (κ3) is 4.97. The Morgan fingerprint density at radius 3 is 2.29 bits per heavy atom. The molecule has 200 valence electrons. The molecule has 2 aliphatic carbocycles. The quantitative estimate of drug-likeness (QED) is 0.386. The average molecular weight is 513 g/mol. The van der Waals surface area contributed by atoms with Gasteiger partial charge in [0, 0.05) is 36.7 Å². The van der Waals surface area contributed by atoms with Crippen molar-refractivity contribution in [3.63, 3.8) is 0 Å². The monoisotopic (exact) mass is 512 g/mol. The number of carbonyl (C=O) groups is 2. The highest BCUT2D eigenvalue weighted by Gasteiger charge is 2.37. The molecule has 2 aromatic carbocycles. The molecule has 6 nitrogen and oxygen atoms in total. The van der Waals surface area contributed by atoms with Crippen LogP contribution < -0.4 is 4.90 Å². The van der Waals surface area contributed by atoms with E-state index in [4.69, 9.17) is 4.98 Å². The summed E-state index contributed by atoms with van der Waals surface area (Å²) in [5.74, 6) is 1.18. The first-order valence-corrected chi connectivity index (χ1v) is 14.7. The molecule has 1 aliphatic heterocycles. The van der Waals surface area contributed by atoms with E-state index in [0.717, 1.165) is 53.8 Å². The maximum absolute atomic E-state index is 14.2. The number of hydrogen-bond donors (Lipinski definition) is 0. The van der Waals surface area contributed by atoms with Gasteiger partial charge in [-0.2, -0.15) is 0 Å². The Morgan fingerprint density at radius 2 is 1.61 bits per heavy atom.